The van der Waals surface area contributed by atoms with Crippen molar-refractivity contribution in [1.29, 1.82) is 0 Å². The van der Waals surface area contributed by atoms with Crippen molar-refractivity contribution in [2.75, 3.05) is 36.4 Å². The first-order valence-electron chi connectivity index (χ1n) is 11.6. The molecule has 160 valence electrons. The molecule has 0 aromatic heterocycles. The van der Waals surface area contributed by atoms with Gasteiger partial charge in [0.05, 0.1) is 5.56 Å². The van der Waals surface area contributed by atoms with Gasteiger partial charge < -0.3 is 15.1 Å². The highest BCUT2D eigenvalue weighted by molar-refractivity contribution is 6.02. The smallest absolute Gasteiger partial charge is 0.256 e. The lowest BCUT2D eigenvalue weighted by molar-refractivity contribution is -0.120. The second kappa shape index (κ2) is 10.7. The van der Waals surface area contributed by atoms with Crippen molar-refractivity contribution in [3.8, 4) is 0 Å². The number of nitrogens with zero attached hydrogens (tertiary/aromatic N) is 2. The summed E-state index contributed by atoms with van der Waals surface area (Å²) in [6.07, 6.45) is 9.70. The Balaban J connectivity index is 1.82. The number of carbonyl (C=O) groups is 2. The van der Waals surface area contributed by atoms with Gasteiger partial charge in [-0.05, 0) is 63.1 Å². The Morgan fingerprint density at radius 2 is 1.69 bits per heavy atom. The summed E-state index contributed by atoms with van der Waals surface area (Å²) >= 11 is 0. The molecule has 2 amide bonds. The van der Waals surface area contributed by atoms with Crippen LogP contribution in [0.2, 0.25) is 0 Å². The van der Waals surface area contributed by atoms with Crippen molar-refractivity contribution in [2.45, 2.75) is 71.6 Å². The van der Waals surface area contributed by atoms with E-state index in [2.05, 4.69) is 24.1 Å². The molecule has 1 aromatic carbocycles. The summed E-state index contributed by atoms with van der Waals surface area (Å²) in [6, 6.07) is 5.92. The van der Waals surface area contributed by atoms with Crippen LogP contribution in [0.15, 0.2) is 18.2 Å². The van der Waals surface area contributed by atoms with Gasteiger partial charge in [0.1, 0.15) is 0 Å². The number of unbranched alkanes of at least 4 members (excludes halogenated alkanes) is 1. The molecule has 0 aliphatic carbocycles. The number of rotatable bonds is 8. The summed E-state index contributed by atoms with van der Waals surface area (Å²) in [5.41, 5.74) is 2.51. The first-order chi connectivity index (χ1) is 14.1. The van der Waals surface area contributed by atoms with Gasteiger partial charge in [-0.25, -0.2) is 0 Å². The van der Waals surface area contributed by atoms with E-state index in [1.54, 1.807) is 0 Å². The minimum atomic E-state index is 0.0365. The monoisotopic (exact) mass is 399 g/mol. The molecule has 0 bridgehead atoms. The highest BCUT2D eigenvalue weighted by Crippen LogP contribution is 2.29. The maximum atomic E-state index is 13.3. The summed E-state index contributed by atoms with van der Waals surface area (Å²) in [4.78, 5) is 30.3. The standard InChI is InChI=1S/C24H37N3O2/c1-3-5-11-19(4-2)23(28)25-20-12-13-22(26-14-7-6-8-15-26)21(18-20)24(29)27-16-9-10-17-27/h12-13,18-19H,3-11,14-17H2,1-2H3,(H,25,28)/t19-/m1/s1. The number of carbonyl (C=O) groups excluding carboxylic acids is 2. The lowest BCUT2D eigenvalue weighted by atomic mass is 9.98. The van der Waals surface area contributed by atoms with Crippen LogP contribution in [0.4, 0.5) is 11.4 Å². The Bertz CT molecular complexity index is 691. The molecule has 1 atom stereocenters. The average molecular weight is 400 g/mol. The summed E-state index contributed by atoms with van der Waals surface area (Å²) in [6.45, 7) is 7.90. The highest BCUT2D eigenvalue weighted by Gasteiger charge is 2.25. The van der Waals surface area contributed by atoms with E-state index in [-0.39, 0.29) is 17.7 Å². The summed E-state index contributed by atoms with van der Waals surface area (Å²) < 4.78 is 0. The number of piperidine rings is 1. The summed E-state index contributed by atoms with van der Waals surface area (Å²) in [5, 5.41) is 3.09. The van der Waals surface area contributed by atoms with E-state index in [9.17, 15) is 9.59 Å². The van der Waals surface area contributed by atoms with Gasteiger partial charge in [0.25, 0.3) is 5.91 Å². The lowest BCUT2D eigenvalue weighted by Gasteiger charge is -2.31. The maximum absolute atomic E-state index is 13.3. The van der Waals surface area contributed by atoms with Crippen molar-refractivity contribution >= 4 is 23.2 Å². The predicted octanol–water partition coefficient (Wildman–Crippen LogP) is 5.07. The van der Waals surface area contributed by atoms with E-state index in [0.29, 0.717) is 0 Å². The molecule has 2 heterocycles. The predicted molar refractivity (Wildman–Crippen MR) is 120 cm³/mol. The Kier molecular flexibility index (Phi) is 7.96. The van der Waals surface area contributed by atoms with Crippen LogP contribution in [0.5, 0.6) is 0 Å². The van der Waals surface area contributed by atoms with Crippen LogP contribution < -0.4 is 10.2 Å². The molecular weight excluding hydrogens is 362 g/mol. The third kappa shape index (κ3) is 5.52. The quantitative estimate of drug-likeness (QED) is 0.664. The summed E-state index contributed by atoms with van der Waals surface area (Å²) in [7, 11) is 0. The molecule has 29 heavy (non-hydrogen) atoms. The molecule has 0 radical (unpaired) electrons. The average Bonchev–Trinajstić information content (AvgIpc) is 3.29. The van der Waals surface area contributed by atoms with Crippen molar-refractivity contribution in [1.82, 2.24) is 4.90 Å². The molecule has 2 aliphatic heterocycles. The van der Waals surface area contributed by atoms with Crippen LogP contribution in [0.3, 0.4) is 0 Å². The zero-order valence-electron chi connectivity index (χ0n) is 18.2. The Morgan fingerprint density at radius 3 is 2.34 bits per heavy atom. The van der Waals surface area contributed by atoms with Gasteiger partial charge in [-0.1, -0.05) is 26.7 Å². The fraction of sp³-hybridized carbons (Fsp3) is 0.667. The number of nitrogens with one attached hydrogen (secondary N) is 1. The molecule has 3 rings (SSSR count). The van der Waals surface area contributed by atoms with Crippen LogP contribution in [0.25, 0.3) is 0 Å². The third-order valence-electron chi connectivity index (χ3n) is 6.35. The van der Waals surface area contributed by atoms with Gasteiger partial charge in [-0.15, -0.1) is 0 Å². The molecular formula is C24H37N3O2. The molecule has 5 heteroatoms. The Hall–Kier alpha value is -2.04. The fourth-order valence-corrected chi connectivity index (χ4v) is 4.50. The Labute approximate surface area is 175 Å². The minimum absolute atomic E-state index is 0.0365. The molecule has 0 spiro atoms. The molecule has 1 aromatic rings. The van der Waals surface area contributed by atoms with E-state index < -0.39 is 0 Å². The number of amides is 2. The van der Waals surface area contributed by atoms with Gasteiger partial charge in [0, 0.05) is 43.5 Å². The van der Waals surface area contributed by atoms with Crippen molar-refractivity contribution in [2.24, 2.45) is 5.92 Å². The van der Waals surface area contributed by atoms with Crippen molar-refractivity contribution < 1.29 is 9.59 Å². The van der Waals surface area contributed by atoms with Gasteiger partial charge in [-0.2, -0.15) is 0 Å². The SMILES string of the molecule is CCCC[C@@H](CC)C(=O)Nc1ccc(N2CCCCC2)c(C(=O)N2CCCC2)c1. The third-order valence-corrected chi connectivity index (χ3v) is 6.35. The van der Waals surface area contributed by atoms with Gasteiger partial charge in [-0.3, -0.25) is 9.59 Å². The van der Waals surface area contributed by atoms with E-state index in [1.165, 1.54) is 19.3 Å². The maximum Gasteiger partial charge on any atom is 0.256 e. The second-order valence-corrected chi connectivity index (χ2v) is 8.52. The molecule has 2 fully saturated rings. The van der Waals surface area contributed by atoms with Crippen molar-refractivity contribution in [3.63, 3.8) is 0 Å². The number of anilines is 2. The molecule has 0 unspecified atom stereocenters. The van der Waals surface area contributed by atoms with E-state index in [4.69, 9.17) is 0 Å². The van der Waals surface area contributed by atoms with Gasteiger partial charge in [0.15, 0.2) is 0 Å². The van der Waals surface area contributed by atoms with E-state index in [0.717, 1.165) is 81.6 Å². The number of hydrogen-bond acceptors (Lipinski definition) is 3. The van der Waals surface area contributed by atoms with Crippen LogP contribution in [-0.4, -0.2) is 42.9 Å². The van der Waals surface area contributed by atoms with Crippen LogP contribution >= 0.6 is 0 Å². The first-order valence-corrected chi connectivity index (χ1v) is 11.6. The van der Waals surface area contributed by atoms with Crippen molar-refractivity contribution in [3.05, 3.63) is 23.8 Å². The molecule has 0 saturated carbocycles. The fourth-order valence-electron chi connectivity index (χ4n) is 4.50. The number of benzene rings is 1. The minimum Gasteiger partial charge on any atom is -0.371 e. The molecule has 2 aliphatic rings. The topological polar surface area (TPSA) is 52.7 Å². The van der Waals surface area contributed by atoms with Crippen LogP contribution in [0.1, 0.15) is 82.0 Å². The van der Waals surface area contributed by atoms with E-state index in [1.807, 2.05) is 23.1 Å². The Morgan fingerprint density at radius 1 is 1.00 bits per heavy atom. The number of hydrogen-bond donors (Lipinski definition) is 1. The van der Waals surface area contributed by atoms with Crippen LogP contribution in [0, 0.1) is 5.92 Å². The second-order valence-electron chi connectivity index (χ2n) is 8.52. The normalized spacial score (nSPS) is 18.0. The molecule has 1 N–H and O–H groups in total. The number of likely N-dealkylation sites (tertiary alicyclic amines) is 1. The molecule has 5 nitrogen and oxygen atoms in total. The summed E-state index contributed by atoms with van der Waals surface area (Å²) in [5.74, 6) is 0.220. The van der Waals surface area contributed by atoms with Crippen LogP contribution in [-0.2, 0) is 4.79 Å². The lowest BCUT2D eigenvalue weighted by Crippen LogP contribution is -2.34. The largest absolute Gasteiger partial charge is 0.371 e. The molecule has 2 saturated heterocycles. The zero-order chi connectivity index (χ0) is 20.6. The first kappa shape index (κ1) is 21.7. The van der Waals surface area contributed by atoms with Gasteiger partial charge >= 0.3 is 0 Å². The van der Waals surface area contributed by atoms with Gasteiger partial charge in [0.2, 0.25) is 5.91 Å². The highest BCUT2D eigenvalue weighted by atomic mass is 16.2. The van der Waals surface area contributed by atoms with E-state index >= 15 is 0 Å². The zero-order valence-corrected chi connectivity index (χ0v) is 18.2.